The maximum atomic E-state index is 12.2. The summed E-state index contributed by atoms with van der Waals surface area (Å²) in [6.45, 7) is 7.40. The number of nitrogens with zero attached hydrogens (tertiary/aromatic N) is 5. The molecule has 0 saturated carbocycles. The Labute approximate surface area is 180 Å². The first kappa shape index (κ1) is 23.8. The topological polar surface area (TPSA) is 147 Å². The summed E-state index contributed by atoms with van der Waals surface area (Å²) in [7, 11) is 0. The lowest BCUT2D eigenvalue weighted by atomic mass is 10.2. The number of esters is 1. The van der Waals surface area contributed by atoms with Gasteiger partial charge in [-0.1, -0.05) is 19.4 Å². The third-order valence-corrected chi connectivity index (χ3v) is 4.33. The molecule has 2 aromatic rings. The van der Waals surface area contributed by atoms with Crippen molar-refractivity contribution in [3.05, 3.63) is 39.7 Å². The number of nitrogen functional groups attached to an aromatic ring is 1. The predicted molar refractivity (Wildman–Crippen MR) is 115 cm³/mol. The Balaban J connectivity index is 2.51. The molecule has 2 aromatic heterocycles. The summed E-state index contributed by atoms with van der Waals surface area (Å²) >= 11 is 0. The van der Waals surface area contributed by atoms with Gasteiger partial charge in [-0.25, -0.2) is 0 Å². The molecule has 0 aliphatic carbocycles. The molecule has 0 aromatic carbocycles. The fraction of sp³-hybridized carbons (Fsp3) is 0.500. The number of rotatable bonds is 11. The molecule has 1 atom stereocenters. The zero-order valence-electron chi connectivity index (χ0n) is 18.2. The van der Waals surface area contributed by atoms with Crippen molar-refractivity contribution in [3.8, 4) is 6.01 Å². The molecule has 0 aliphatic rings. The van der Waals surface area contributed by atoms with E-state index in [-0.39, 0.29) is 43.4 Å². The van der Waals surface area contributed by atoms with E-state index in [9.17, 15) is 14.9 Å². The highest BCUT2D eigenvalue weighted by atomic mass is 16.6. The average Bonchev–Trinajstić information content (AvgIpc) is 2.68. The molecule has 11 nitrogen and oxygen atoms in total. The van der Waals surface area contributed by atoms with Crippen molar-refractivity contribution in [2.24, 2.45) is 0 Å². The first-order valence-electron chi connectivity index (χ1n) is 10.1. The van der Waals surface area contributed by atoms with Gasteiger partial charge in [0.2, 0.25) is 11.6 Å². The fourth-order valence-electron chi connectivity index (χ4n) is 2.91. The van der Waals surface area contributed by atoms with Crippen molar-refractivity contribution in [3.63, 3.8) is 0 Å². The van der Waals surface area contributed by atoms with Crippen LogP contribution >= 0.6 is 0 Å². The number of aromatic nitrogens is 3. The van der Waals surface area contributed by atoms with Crippen LogP contribution in [0.5, 0.6) is 6.01 Å². The van der Waals surface area contributed by atoms with Crippen LogP contribution in [0.4, 0.5) is 17.3 Å². The van der Waals surface area contributed by atoms with Gasteiger partial charge in [0, 0.05) is 18.4 Å². The maximum Gasteiger partial charge on any atom is 0.353 e. The minimum absolute atomic E-state index is 0.0880. The van der Waals surface area contributed by atoms with Gasteiger partial charge in [-0.15, -0.1) is 0 Å². The van der Waals surface area contributed by atoms with E-state index in [0.717, 1.165) is 24.1 Å². The molecular weight excluding hydrogens is 404 g/mol. The molecule has 2 rings (SSSR count). The Morgan fingerprint density at radius 1 is 1.32 bits per heavy atom. The smallest absolute Gasteiger partial charge is 0.353 e. The Bertz CT molecular complexity index is 906. The maximum absolute atomic E-state index is 12.2. The summed E-state index contributed by atoms with van der Waals surface area (Å²) in [4.78, 5) is 37.1. The van der Waals surface area contributed by atoms with Crippen LogP contribution < -0.4 is 15.4 Å². The van der Waals surface area contributed by atoms with Crippen molar-refractivity contribution in [1.29, 1.82) is 0 Å². The zero-order chi connectivity index (χ0) is 23.0. The number of nitro groups is 1. The fourth-order valence-corrected chi connectivity index (χ4v) is 2.91. The Kier molecular flexibility index (Phi) is 8.47. The second-order valence-electron chi connectivity index (χ2n) is 7.01. The van der Waals surface area contributed by atoms with Crippen LogP contribution in [0.3, 0.4) is 0 Å². The summed E-state index contributed by atoms with van der Waals surface area (Å²) in [5, 5.41) is 11.7. The molecule has 0 spiro atoms. The molecule has 0 bridgehead atoms. The van der Waals surface area contributed by atoms with Crippen molar-refractivity contribution < 1.29 is 19.2 Å². The molecular formula is C20H28N6O5. The molecule has 1 unspecified atom stereocenters. The highest BCUT2D eigenvalue weighted by Gasteiger charge is 2.30. The lowest BCUT2D eigenvalue weighted by Crippen LogP contribution is -2.32. The lowest BCUT2D eigenvalue weighted by Gasteiger charge is -2.23. The average molecular weight is 432 g/mol. The number of aryl methyl sites for hydroxylation is 1. The van der Waals surface area contributed by atoms with E-state index in [1.807, 2.05) is 32.9 Å². The first-order valence-corrected chi connectivity index (χ1v) is 10.1. The van der Waals surface area contributed by atoms with E-state index >= 15 is 0 Å². The number of hydrogen-bond acceptors (Lipinski definition) is 10. The van der Waals surface area contributed by atoms with E-state index in [4.69, 9.17) is 15.2 Å². The Morgan fingerprint density at radius 3 is 2.65 bits per heavy atom. The molecule has 2 N–H and O–H groups in total. The highest BCUT2D eigenvalue weighted by molar-refractivity contribution is 5.78. The van der Waals surface area contributed by atoms with Gasteiger partial charge in [0.05, 0.1) is 17.6 Å². The third-order valence-electron chi connectivity index (χ3n) is 4.33. The monoisotopic (exact) mass is 432 g/mol. The Hall–Kier alpha value is -3.50. The molecule has 11 heteroatoms. The van der Waals surface area contributed by atoms with Crippen molar-refractivity contribution in [2.45, 2.75) is 53.2 Å². The standard InChI is InChI=1S/C20H28N6O5/c1-5-7-14(4)31-20-23-18(21)17(26(28)29)19(24-20)25(12-16(27)30-6-2)11-15-9-8-13(3)22-10-15/h8-10,14H,5-7,11-12H2,1-4H3,(H2,21,23,24). The van der Waals surface area contributed by atoms with Crippen LogP contribution in [0.15, 0.2) is 18.3 Å². The number of ether oxygens (including phenoxy) is 2. The van der Waals surface area contributed by atoms with Crippen molar-refractivity contribution in [1.82, 2.24) is 15.0 Å². The summed E-state index contributed by atoms with van der Waals surface area (Å²) in [5.74, 6) is -1.02. The summed E-state index contributed by atoms with van der Waals surface area (Å²) < 4.78 is 10.7. The van der Waals surface area contributed by atoms with E-state index in [1.54, 1.807) is 13.1 Å². The Morgan fingerprint density at radius 2 is 2.06 bits per heavy atom. The quantitative estimate of drug-likeness (QED) is 0.319. The second kappa shape index (κ2) is 11.0. The van der Waals surface area contributed by atoms with Crippen LogP contribution in [0, 0.1) is 17.0 Å². The van der Waals surface area contributed by atoms with E-state index in [2.05, 4.69) is 15.0 Å². The molecule has 0 radical (unpaired) electrons. The SMILES string of the molecule is CCCC(C)Oc1nc(N)c([N+](=O)[O-])c(N(CC(=O)OCC)Cc2ccc(C)nc2)n1. The lowest BCUT2D eigenvalue weighted by molar-refractivity contribution is -0.383. The molecule has 2 heterocycles. The van der Waals surface area contributed by atoms with Crippen LogP contribution in [-0.4, -0.2) is 45.1 Å². The summed E-state index contributed by atoms with van der Waals surface area (Å²) in [6.07, 6.45) is 3.05. The van der Waals surface area contributed by atoms with Crippen molar-refractivity contribution >= 4 is 23.3 Å². The molecule has 0 amide bonds. The van der Waals surface area contributed by atoms with Gasteiger partial charge >= 0.3 is 17.7 Å². The second-order valence-corrected chi connectivity index (χ2v) is 7.01. The van der Waals surface area contributed by atoms with Crippen LogP contribution in [0.25, 0.3) is 0 Å². The minimum atomic E-state index is -0.671. The molecule has 0 aliphatic heterocycles. The number of pyridine rings is 1. The van der Waals surface area contributed by atoms with Gasteiger partial charge < -0.3 is 20.1 Å². The van der Waals surface area contributed by atoms with Gasteiger partial charge in [-0.3, -0.25) is 19.9 Å². The van der Waals surface area contributed by atoms with Crippen LogP contribution in [0.1, 0.15) is 44.9 Å². The van der Waals surface area contributed by atoms with Gasteiger partial charge in [0.25, 0.3) is 0 Å². The summed E-state index contributed by atoms with van der Waals surface area (Å²) in [5.41, 5.74) is 6.93. The zero-order valence-corrected chi connectivity index (χ0v) is 18.2. The van der Waals surface area contributed by atoms with Gasteiger partial charge in [-0.2, -0.15) is 9.97 Å². The third kappa shape index (κ3) is 6.76. The normalized spacial score (nSPS) is 11.6. The summed E-state index contributed by atoms with van der Waals surface area (Å²) in [6, 6.07) is 3.54. The molecule has 0 saturated heterocycles. The number of nitrogens with two attached hydrogens (primary N) is 1. The largest absolute Gasteiger partial charge is 0.465 e. The van der Waals surface area contributed by atoms with Gasteiger partial charge in [0.15, 0.2) is 0 Å². The predicted octanol–water partition coefficient (Wildman–Crippen LogP) is 2.81. The van der Waals surface area contributed by atoms with Crippen molar-refractivity contribution in [2.75, 3.05) is 23.8 Å². The molecule has 0 fully saturated rings. The van der Waals surface area contributed by atoms with E-state index < -0.39 is 16.6 Å². The van der Waals surface area contributed by atoms with Crippen LogP contribution in [0.2, 0.25) is 0 Å². The number of carbonyl (C=O) groups is 1. The van der Waals surface area contributed by atoms with E-state index in [1.165, 1.54) is 4.90 Å². The van der Waals surface area contributed by atoms with E-state index in [0.29, 0.717) is 0 Å². The number of hydrogen-bond donors (Lipinski definition) is 1. The van der Waals surface area contributed by atoms with Crippen LogP contribution in [-0.2, 0) is 16.1 Å². The highest BCUT2D eigenvalue weighted by Crippen LogP contribution is 2.33. The number of anilines is 2. The molecule has 168 valence electrons. The number of carbonyl (C=O) groups excluding carboxylic acids is 1. The van der Waals surface area contributed by atoms with Gasteiger partial charge in [0.1, 0.15) is 6.54 Å². The first-order chi connectivity index (χ1) is 14.7. The molecule has 31 heavy (non-hydrogen) atoms. The minimum Gasteiger partial charge on any atom is -0.465 e. The van der Waals surface area contributed by atoms with Gasteiger partial charge in [-0.05, 0) is 38.8 Å².